The number of rotatable bonds is 5. The topological polar surface area (TPSA) is 26.3 Å². The smallest absolute Gasteiger partial charge is 0.166 e. The second kappa shape index (κ2) is 6.30. The minimum Gasteiger partial charge on any atom is -0.454 e. The van der Waals surface area contributed by atoms with E-state index in [2.05, 4.69) is 0 Å². The van der Waals surface area contributed by atoms with Gasteiger partial charge >= 0.3 is 0 Å². The van der Waals surface area contributed by atoms with Crippen LogP contribution in [-0.4, -0.2) is 5.78 Å². The Hall–Kier alpha value is -2.16. The minimum absolute atomic E-state index is 0.0738. The van der Waals surface area contributed by atoms with E-state index in [0.717, 1.165) is 0 Å². The lowest BCUT2D eigenvalue weighted by Crippen LogP contribution is -2.08. The van der Waals surface area contributed by atoms with Crippen molar-refractivity contribution in [2.45, 2.75) is 38.5 Å². The number of carbonyl (C=O) groups excluding carboxylic acids is 1. The summed E-state index contributed by atoms with van der Waals surface area (Å²) in [6.45, 7) is 1.76. The summed E-state index contributed by atoms with van der Waals surface area (Å²) < 4.78 is 19.6. The van der Waals surface area contributed by atoms with Crippen molar-refractivity contribution < 1.29 is 13.9 Å². The van der Waals surface area contributed by atoms with E-state index >= 15 is 0 Å². The van der Waals surface area contributed by atoms with Crippen LogP contribution in [-0.2, 0) is 0 Å². The molecule has 0 spiro atoms. The van der Waals surface area contributed by atoms with Crippen LogP contribution in [0.5, 0.6) is 11.5 Å². The fourth-order valence-corrected chi connectivity index (χ4v) is 2.64. The summed E-state index contributed by atoms with van der Waals surface area (Å²) in [5.41, 5.74) is 1.70. The summed E-state index contributed by atoms with van der Waals surface area (Å²) in [4.78, 5) is 11.6. The normalized spacial score (nSPS) is 14.5. The van der Waals surface area contributed by atoms with Crippen LogP contribution < -0.4 is 4.74 Å². The van der Waals surface area contributed by atoms with Gasteiger partial charge in [0.2, 0.25) is 0 Å². The van der Waals surface area contributed by atoms with Crippen LogP contribution >= 0.6 is 0 Å². The van der Waals surface area contributed by atoms with Gasteiger partial charge in [0.15, 0.2) is 17.3 Å². The Morgan fingerprint density at radius 2 is 1.91 bits per heavy atom. The van der Waals surface area contributed by atoms with E-state index in [1.807, 2.05) is 24.3 Å². The molecule has 1 aliphatic rings. The first-order valence-corrected chi connectivity index (χ1v) is 7.78. The Balaban J connectivity index is 1.73. The summed E-state index contributed by atoms with van der Waals surface area (Å²) in [5, 5.41) is 0. The van der Waals surface area contributed by atoms with E-state index in [0.29, 0.717) is 23.7 Å². The maximum Gasteiger partial charge on any atom is 0.166 e. The van der Waals surface area contributed by atoms with Crippen molar-refractivity contribution >= 4 is 5.78 Å². The van der Waals surface area contributed by atoms with E-state index in [1.54, 1.807) is 13.0 Å². The van der Waals surface area contributed by atoms with Crippen LogP contribution in [0.3, 0.4) is 0 Å². The molecule has 0 N–H and O–H groups in total. The van der Waals surface area contributed by atoms with E-state index in [1.165, 1.54) is 37.0 Å². The van der Waals surface area contributed by atoms with Crippen molar-refractivity contribution in [2.75, 3.05) is 0 Å². The molecule has 114 valence electrons. The number of hydrogen-bond donors (Lipinski definition) is 0. The Morgan fingerprint density at radius 3 is 2.45 bits per heavy atom. The number of benzene rings is 2. The van der Waals surface area contributed by atoms with Crippen LogP contribution in [0, 0.1) is 5.82 Å². The van der Waals surface area contributed by atoms with Gasteiger partial charge in [0, 0.05) is 12.0 Å². The standard InChI is InChI=1S/C19H19FO2/c1-2-18(21)15-8-11-19(17(20)12-15)22-16-9-6-14(7-10-16)13-4-3-5-13/h6-13H,2-5H2,1H3. The fourth-order valence-electron chi connectivity index (χ4n) is 2.64. The van der Waals surface area contributed by atoms with Crippen LogP contribution in [0.4, 0.5) is 4.39 Å². The highest BCUT2D eigenvalue weighted by Crippen LogP contribution is 2.37. The van der Waals surface area contributed by atoms with Gasteiger partial charge in [-0.1, -0.05) is 25.5 Å². The monoisotopic (exact) mass is 298 g/mol. The van der Waals surface area contributed by atoms with Crippen LogP contribution in [0.25, 0.3) is 0 Å². The lowest BCUT2D eigenvalue weighted by atomic mass is 9.80. The Bertz CT molecular complexity index is 672. The van der Waals surface area contributed by atoms with Gasteiger partial charge in [-0.2, -0.15) is 0 Å². The van der Waals surface area contributed by atoms with Crippen molar-refractivity contribution in [2.24, 2.45) is 0 Å². The maximum absolute atomic E-state index is 14.0. The zero-order valence-electron chi connectivity index (χ0n) is 12.6. The molecule has 2 nitrogen and oxygen atoms in total. The fraction of sp³-hybridized carbons (Fsp3) is 0.316. The molecule has 3 rings (SSSR count). The summed E-state index contributed by atoms with van der Waals surface area (Å²) in [6, 6.07) is 12.2. The molecule has 0 saturated heterocycles. The molecule has 0 unspecified atom stereocenters. The van der Waals surface area contributed by atoms with Crippen LogP contribution in [0.2, 0.25) is 0 Å². The summed E-state index contributed by atoms with van der Waals surface area (Å²) in [6.07, 6.45) is 4.17. The molecule has 3 heteroatoms. The predicted octanol–water partition coefficient (Wildman–Crippen LogP) is 5.48. The van der Waals surface area contributed by atoms with Crippen molar-refractivity contribution in [3.05, 3.63) is 59.4 Å². The summed E-state index contributed by atoms with van der Waals surface area (Å²) in [5.74, 6) is 0.836. The van der Waals surface area contributed by atoms with Crippen molar-refractivity contribution in [3.8, 4) is 11.5 Å². The quantitative estimate of drug-likeness (QED) is 0.683. The molecule has 22 heavy (non-hydrogen) atoms. The van der Waals surface area contributed by atoms with Crippen molar-refractivity contribution in [1.82, 2.24) is 0 Å². The molecule has 0 aromatic heterocycles. The third-order valence-corrected chi connectivity index (χ3v) is 4.26. The third kappa shape index (κ3) is 3.03. The van der Waals surface area contributed by atoms with E-state index < -0.39 is 5.82 Å². The Morgan fingerprint density at radius 1 is 1.18 bits per heavy atom. The van der Waals surface area contributed by atoms with Gasteiger partial charge in [0.05, 0.1) is 0 Å². The molecule has 2 aromatic rings. The zero-order chi connectivity index (χ0) is 15.5. The molecule has 1 saturated carbocycles. The van der Waals surface area contributed by atoms with Crippen molar-refractivity contribution in [1.29, 1.82) is 0 Å². The maximum atomic E-state index is 14.0. The minimum atomic E-state index is -0.512. The third-order valence-electron chi connectivity index (χ3n) is 4.26. The summed E-state index contributed by atoms with van der Waals surface area (Å²) in [7, 11) is 0. The molecule has 2 aromatic carbocycles. The Kier molecular flexibility index (Phi) is 4.23. The average Bonchev–Trinajstić information content (AvgIpc) is 2.48. The molecule has 0 bridgehead atoms. The molecule has 0 atom stereocenters. The number of halogens is 1. The van der Waals surface area contributed by atoms with Gasteiger partial charge in [-0.3, -0.25) is 4.79 Å². The summed E-state index contributed by atoms with van der Waals surface area (Å²) >= 11 is 0. The Labute approximate surface area is 129 Å². The van der Waals surface area contributed by atoms with Gasteiger partial charge in [-0.05, 0) is 54.7 Å². The van der Waals surface area contributed by atoms with Crippen molar-refractivity contribution in [3.63, 3.8) is 0 Å². The van der Waals surface area contributed by atoms with Gasteiger partial charge < -0.3 is 4.74 Å². The number of carbonyl (C=O) groups is 1. The van der Waals surface area contributed by atoms with Crippen LogP contribution in [0.1, 0.15) is 54.4 Å². The van der Waals surface area contributed by atoms with Gasteiger partial charge in [0.1, 0.15) is 5.75 Å². The van der Waals surface area contributed by atoms with E-state index in [-0.39, 0.29) is 11.5 Å². The number of hydrogen-bond acceptors (Lipinski definition) is 2. The lowest BCUT2D eigenvalue weighted by molar-refractivity contribution is 0.0987. The largest absolute Gasteiger partial charge is 0.454 e. The molecule has 0 radical (unpaired) electrons. The lowest BCUT2D eigenvalue weighted by Gasteiger charge is -2.25. The van der Waals surface area contributed by atoms with E-state index in [4.69, 9.17) is 4.74 Å². The molecular weight excluding hydrogens is 279 g/mol. The molecule has 0 heterocycles. The SMILES string of the molecule is CCC(=O)c1ccc(Oc2ccc(C3CCC3)cc2)c(F)c1. The number of ether oxygens (including phenoxy) is 1. The molecule has 0 amide bonds. The molecule has 1 aliphatic carbocycles. The highest BCUT2D eigenvalue weighted by atomic mass is 19.1. The predicted molar refractivity (Wildman–Crippen MR) is 84.1 cm³/mol. The zero-order valence-corrected chi connectivity index (χ0v) is 12.6. The molecular formula is C19H19FO2. The van der Waals surface area contributed by atoms with Gasteiger partial charge in [-0.15, -0.1) is 0 Å². The molecule has 0 aliphatic heterocycles. The van der Waals surface area contributed by atoms with Gasteiger partial charge in [0.25, 0.3) is 0 Å². The highest BCUT2D eigenvalue weighted by molar-refractivity contribution is 5.95. The number of ketones is 1. The first kappa shape index (κ1) is 14.8. The second-order valence-electron chi connectivity index (χ2n) is 5.72. The number of Topliss-reactive ketones (excluding diaryl/α,β-unsaturated/α-hetero) is 1. The van der Waals surface area contributed by atoms with E-state index in [9.17, 15) is 9.18 Å². The van der Waals surface area contributed by atoms with Gasteiger partial charge in [-0.25, -0.2) is 4.39 Å². The van der Waals surface area contributed by atoms with Crippen LogP contribution in [0.15, 0.2) is 42.5 Å². The first-order valence-electron chi connectivity index (χ1n) is 7.78. The average molecular weight is 298 g/mol. The second-order valence-corrected chi connectivity index (χ2v) is 5.72. The highest BCUT2D eigenvalue weighted by Gasteiger charge is 2.19. The molecule has 1 fully saturated rings. The first-order chi connectivity index (χ1) is 10.7.